The van der Waals surface area contributed by atoms with Gasteiger partial charge in [0.05, 0.1) is 15.8 Å². The Morgan fingerprint density at radius 3 is 2.63 bits per heavy atom. The first-order chi connectivity index (χ1) is 8.95. The lowest BCUT2D eigenvalue weighted by molar-refractivity contribution is 0.475. The lowest BCUT2D eigenvalue weighted by Gasteiger charge is -2.04. The predicted octanol–water partition coefficient (Wildman–Crippen LogP) is 2.78. The number of hydrazone groups is 1. The third kappa shape index (κ3) is 2.39. The van der Waals surface area contributed by atoms with Crippen molar-refractivity contribution in [1.29, 1.82) is 0 Å². The second-order valence-corrected chi connectivity index (χ2v) is 4.83. The standard InChI is InChI=1S/C12H12Cl2N4O/c1-6(16-15)10-12(19)11(18(2)17-10)7-3-4-8(13)9(14)5-7/h3-5,19H,15H2,1-2H3. The van der Waals surface area contributed by atoms with Crippen LogP contribution in [0.25, 0.3) is 11.3 Å². The van der Waals surface area contributed by atoms with Gasteiger partial charge in [0.1, 0.15) is 5.69 Å². The first kappa shape index (κ1) is 13.7. The van der Waals surface area contributed by atoms with Gasteiger partial charge in [0.25, 0.3) is 0 Å². The number of nitrogens with zero attached hydrogens (tertiary/aromatic N) is 3. The zero-order chi connectivity index (χ0) is 14.2. The number of nitrogens with two attached hydrogens (primary N) is 1. The molecule has 19 heavy (non-hydrogen) atoms. The molecule has 0 saturated carbocycles. The van der Waals surface area contributed by atoms with Gasteiger partial charge in [-0.3, -0.25) is 4.68 Å². The van der Waals surface area contributed by atoms with Crippen LogP contribution in [0.5, 0.6) is 5.75 Å². The molecule has 2 aromatic rings. The molecule has 0 aliphatic carbocycles. The van der Waals surface area contributed by atoms with Crippen LogP contribution in [-0.4, -0.2) is 20.6 Å². The first-order valence-corrected chi connectivity index (χ1v) is 6.17. The highest BCUT2D eigenvalue weighted by Crippen LogP contribution is 2.35. The zero-order valence-electron chi connectivity index (χ0n) is 10.4. The van der Waals surface area contributed by atoms with Crippen molar-refractivity contribution in [3.05, 3.63) is 33.9 Å². The van der Waals surface area contributed by atoms with Crippen molar-refractivity contribution in [3.63, 3.8) is 0 Å². The molecular weight excluding hydrogens is 287 g/mol. The molecule has 0 atom stereocenters. The lowest BCUT2D eigenvalue weighted by atomic mass is 10.1. The molecule has 0 aliphatic rings. The molecule has 0 saturated heterocycles. The summed E-state index contributed by atoms with van der Waals surface area (Å²) >= 11 is 11.9. The van der Waals surface area contributed by atoms with E-state index in [0.29, 0.717) is 32.7 Å². The summed E-state index contributed by atoms with van der Waals surface area (Å²) in [7, 11) is 1.71. The summed E-state index contributed by atoms with van der Waals surface area (Å²) in [6, 6.07) is 5.08. The van der Waals surface area contributed by atoms with E-state index >= 15 is 0 Å². The minimum atomic E-state index is 0.00703. The molecule has 0 bridgehead atoms. The van der Waals surface area contributed by atoms with Gasteiger partial charge in [-0.15, -0.1) is 0 Å². The Morgan fingerprint density at radius 1 is 1.37 bits per heavy atom. The molecular formula is C12H12Cl2N4O. The van der Waals surface area contributed by atoms with Gasteiger partial charge in [-0.1, -0.05) is 29.3 Å². The number of aromatic nitrogens is 2. The third-order valence-electron chi connectivity index (χ3n) is 2.75. The van der Waals surface area contributed by atoms with Crippen molar-refractivity contribution in [1.82, 2.24) is 9.78 Å². The highest BCUT2D eigenvalue weighted by atomic mass is 35.5. The Labute approximate surface area is 120 Å². The molecule has 0 unspecified atom stereocenters. The van der Waals surface area contributed by atoms with E-state index in [2.05, 4.69) is 10.2 Å². The Hall–Kier alpha value is -1.72. The molecule has 3 N–H and O–H groups in total. The molecule has 1 aromatic carbocycles. The van der Waals surface area contributed by atoms with Crippen LogP contribution in [-0.2, 0) is 7.05 Å². The number of aryl methyl sites for hydroxylation is 1. The highest BCUT2D eigenvalue weighted by molar-refractivity contribution is 6.42. The normalized spacial score (nSPS) is 11.9. The molecule has 0 aliphatic heterocycles. The summed E-state index contributed by atoms with van der Waals surface area (Å²) in [5.74, 6) is 5.21. The van der Waals surface area contributed by atoms with Gasteiger partial charge < -0.3 is 10.9 Å². The van der Waals surface area contributed by atoms with Gasteiger partial charge in [0.15, 0.2) is 11.4 Å². The lowest BCUT2D eigenvalue weighted by Crippen LogP contribution is -2.01. The van der Waals surface area contributed by atoms with Crippen LogP contribution >= 0.6 is 23.2 Å². The molecule has 1 aromatic heterocycles. The number of aromatic hydroxyl groups is 1. The second-order valence-electron chi connectivity index (χ2n) is 4.01. The van der Waals surface area contributed by atoms with Gasteiger partial charge in [-0.2, -0.15) is 10.2 Å². The fourth-order valence-corrected chi connectivity index (χ4v) is 2.08. The first-order valence-electron chi connectivity index (χ1n) is 5.42. The fourth-order valence-electron chi connectivity index (χ4n) is 1.78. The van der Waals surface area contributed by atoms with Crippen molar-refractivity contribution in [2.75, 3.05) is 0 Å². The van der Waals surface area contributed by atoms with E-state index in [9.17, 15) is 5.11 Å². The maximum atomic E-state index is 10.2. The smallest absolute Gasteiger partial charge is 0.171 e. The number of halogens is 2. The summed E-state index contributed by atoms with van der Waals surface area (Å²) in [4.78, 5) is 0. The number of hydrogen-bond acceptors (Lipinski definition) is 4. The van der Waals surface area contributed by atoms with Crippen molar-refractivity contribution in [2.24, 2.45) is 18.0 Å². The minimum Gasteiger partial charge on any atom is -0.504 e. The average molecular weight is 299 g/mol. The van der Waals surface area contributed by atoms with E-state index in [1.165, 1.54) is 0 Å². The van der Waals surface area contributed by atoms with Gasteiger partial charge in [0.2, 0.25) is 0 Å². The Bertz CT molecular complexity index is 664. The van der Waals surface area contributed by atoms with Crippen LogP contribution in [0.2, 0.25) is 10.0 Å². The van der Waals surface area contributed by atoms with Crippen LogP contribution in [0.1, 0.15) is 12.6 Å². The zero-order valence-corrected chi connectivity index (χ0v) is 11.9. The van der Waals surface area contributed by atoms with Gasteiger partial charge in [-0.05, 0) is 19.1 Å². The summed E-state index contributed by atoms with van der Waals surface area (Å²) in [5, 5.41) is 18.8. The number of hydrogen-bond donors (Lipinski definition) is 2. The van der Waals surface area contributed by atoms with E-state index < -0.39 is 0 Å². The SMILES string of the molecule is CC(=NN)c1nn(C)c(-c2ccc(Cl)c(Cl)c2)c1O. The predicted molar refractivity (Wildman–Crippen MR) is 76.7 cm³/mol. The van der Waals surface area contributed by atoms with Gasteiger partial charge in [0, 0.05) is 12.6 Å². The molecule has 2 rings (SSSR count). The summed E-state index contributed by atoms with van der Waals surface area (Å²) in [6.45, 7) is 1.67. The van der Waals surface area contributed by atoms with Crippen molar-refractivity contribution < 1.29 is 5.11 Å². The average Bonchev–Trinajstić information content (AvgIpc) is 2.68. The summed E-state index contributed by atoms with van der Waals surface area (Å²) in [5.41, 5.74) is 2.01. The molecule has 1 heterocycles. The highest BCUT2D eigenvalue weighted by Gasteiger charge is 2.19. The van der Waals surface area contributed by atoms with Crippen molar-refractivity contribution in [2.45, 2.75) is 6.92 Å². The van der Waals surface area contributed by atoms with Crippen LogP contribution in [0, 0.1) is 0 Å². The minimum absolute atomic E-state index is 0.00703. The monoisotopic (exact) mass is 298 g/mol. The van der Waals surface area contributed by atoms with Crippen LogP contribution in [0.4, 0.5) is 0 Å². The Balaban J connectivity index is 2.63. The third-order valence-corrected chi connectivity index (χ3v) is 3.49. The van der Waals surface area contributed by atoms with Crippen LogP contribution < -0.4 is 5.84 Å². The molecule has 0 amide bonds. The van der Waals surface area contributed by atoms with Crippen LogP contribution in [0.3, 0.4) is 0 Å². The quantitative estimate of drug-likeness (QED) is 0.508. The van der Waals surface area contributed by atoms with E-state index in [0.717, 1.165) is 0 Å². The Morgan fingerprint density at radius 2 is 2.05 bits per heavy atom. The van der Waals surface area contributed by atoms with Gasteiger partial charge >= 0.3 is 0 Å². The molecule has 0 radical (unpaired) electrons. The number of benzene rings is 1. The van der Waals surface area contributed by atoms with E-state index in [1.807, 2.05) is 0 Å². The Kier molecular flexibility index (Phi) is 3.68. The largest absolute Gasteiger partial charge is 0.504 e. The van der Waals surface area contributed by atoms with Crippen LogP contribution in [0.15, 0.2) is 23.3 Å². The van der Waals surface area contributed by atoms with Crippen molar-refractivity contribution >= 4 is 28.9 Å². The molecule has 7 heteroatoms. The van der Waals surface area contributed by atoms with Crippen molar-refractivity contribution in [3.8, 4) is 17.0 Å². The maximum Gasteiger partial charge on any atom is 0.171 e. The molecule has 0 fully saturated rings. The molecule has 100 valence electrons. The second kappa shape index (κ2) is 5.11. The summed E-state index contributed by atoms with van der Waals surface area (Å²) in [6.07, 6.45) is 0. The van der Waals surface area contributed by atoms with E-state index in [4.69, 9.17) is 29.0 Å². The van der Waals surface area contributed by atoms with E-state index in [-0.39, 0.29) is 5.75 Å². The maximum absolute atomic E-state index is 10.2. The molecule has 0 spiro atoms. The van der Waals surface area contributed by atoms with E-state index in [1.54, 1.807) is 36.9 Å². The number of rotatable bonds is 2. The fraction of sp³-hybridized carbons (Fsp3) is 0.167. The topological polar surface area (TPSA) is 76.4 Å². The molecule has 5 nitrogen and oxygen atoms in total. The summed E-state index contributed by atoms with van der Waals surface area (Å²) < 4.78 is 1.54. The van der Waals surface area contributed by atoms with Gasteiger partial charge in [-0.25, -0.2) is 0 Å².